The minimum absolute atomic E-state index is 0.418. The number of hydrogen-bond acceptors (Lipinski definition) is 4. The fourth-order valence-electron chi connectivity index (χ4n) is 3.59. The number of ether oxygens (including phenoxy) is 2. The maximum atomic E-state index is 12.6. The monoisotopic (exact) mass is 427 g/mol. The molecule has 0 heterocycles. The lowest BCUT2D eigenvalue weighted by Crippen LogP contribution is -2.09. The molecule has 4 nitrogen and oxygen atoms in total. The molecule has 0 fully saturated rings. The van der Waals surface area contributed by atoms with Gasteiger partial charge in [0.1, 0.15) is 11.5 Å². The summed E-state index contributed by atoms with van der Waals surface area (Å²) in [5, 5.41) is 8.92. The van der Waals surface area contributed by atoms with Crippen molar-refractivity contribution in [3.8, 4) is 28.7 Å². The maximum absolute atomic E-state index is 12.6. The van der Waals surface area contributed by atoms with E-state index in [0.29, 0.717) is 29.2 Å². The minimum atomic E-state index is -0.418. The zero-order chi connectivity index (χ0) is 22.8. The standard InChI is InChI=1S/C28H29NO3/c1-3-21(4-2)7-6-18-31-27-9-5-8-25(19-27)28(30)32-26-16-14-24(15-17-26)23-12-10-22(20-29)11-13-23/h5,8-17,19,21H,3-4,6-7,18H2,1-2H3. The molecule has 0 N–H and O–H groups in total. The van der Waals surface area contributed by atoms with Gasteiger partial charge >= 0.3 is 5.97 Å². The first-order chi connectivity index (χ1) is 15.6. The summed E-state index contributed by atoms with van der Waals surface area (Å²) in [5.74, 6) is 1.49. The van der Waals surface area contributed by atoms with Crippen molar-refractivity contribution in [3.63, 3.8) is 0 Å². The smallest absolute Gasteiger partial charge is 0.343 e. The zero-order valence-electron chi connectivity index (χ0n) is 18.7. The average Bonchev–Trinajstić information content (AvgIpc) is 2.85. The summed E-state index contributed by atoms with van der Waals surface area (Å²) in [6, 6.07) is 23.9. The molecule has 3 aromatic carbocycles. The Morgan fingerprint density at radius 3 is 2.19 bits per heavy atom. The van der Waals surface area contributed by atoms with Gasteiger partial charge in [-0.3, -0.25) is 0 Å². The highest BCUT2D eigenvalue weighted by atomic mass is 16.5. The van der Waals surface area contributed by atoms with Crippen LogP contribution in [-0.4, -0.2) is 12.6 Å². The number of nitriles is 1. The van der Waals surface area contributed by atoms with Crippen LogP contribution in [0.25, 0.3) is 11.1 Å². The Bertz CT molecular complexity index is 1050. The first kappa shape index (κ1) is 23.1. The number of carbonyl (C=O) groups excluding carboxylic acids is 1. The first-order valence-corrected chi connectivity index (χ1v) is 11.2. The van der Waals surface area contributed by atoms with Crippen molar-refractivity contribution in [2.45, 2.75) is 39.5 Å². The second-order valence-corrected chi connectivity index (χ2v) is 7.80. The highest BCUT2D eigenvalue weighted by Gasteiger charge is 2.11. The molecule has 3 rings (SSSR count). The van der Waals surface area contributed by atoms with E-state index in [-0.39, 0.29) is 0 Å². The fraction of sp³-hybridized carbons (Fsp3) is 0.286. The van der Waals surface area contributed by atoms with Gasteiger partial charge in [0, 0.05) is 0 Å². The highest BCUT2D eigenvalue weighted by Crippen LogP contribution is 2.24. The van der Waals surface area contributed by atoms with Crippen molar-refractivity contribution >= 4 is 5.97 Å². The van der Waals surface area contributed by atoms with E-state index in [1.807, 2.05) is 30.3 Å². The molecule has 0 aromatic heterocycles. The Labute approximate surface area is 190 Å². The van der Waals surface area contributed by atoms with Crippen molar-refractivity contribution in [1.29, 1.82) is 5.26 Å². The number of esters is 1. The van der Waals surface area contributed by atoms with Crippen LogP contribution in [0, 0.1) is 17.2 Å². The van der Waals surface area contributed by atoms with E-state index in [1.54, 1.807) is 42.5 Å². The molecule has 32 heavy (non-hydrogen) atoms. The van der Waals surface area contributed by atoms with E-state index in [4.69, 9.17) is 14.7 Å². The normalized spacial score (nSPS) is 10.6. The van der Waals surface area contributed by atoms with Crippen LogP contribution >= 0.6 is 0 Å². The summed E-state index contributed by atoms with van der Waals surface area (Å²) in [7, 11) is 0. The molecule has 0 saturated heterocycles. The van der Waals surface area contributed by atoms with Crippen molar-refractivity contribution in [2.75, 3.05) is 6.61 Å². The summed E-state index contributed by atoms with van der Waals surface area (Å²) < 4.78 is 11.4. The molecule has 0 saturated carbocycles. The molecule has 0 aliphatic heterocycles. The van der Waals surface area contributed by atoms with E-state index in [0.717, 1.165) is 29.9 Å². The predicted octanol–water partition coefficient (Wildman–Crippen LogP) is 7.04. The number of benzene rings is 3. The zero-order valence-corrected chi connectivity index (χ0v) is 18.7. The van der Waals surface area contributed by atoms with Crippen molar-refractivity contribution in [1.82, 2.24) is 0 Å². The molecule has 0 atom stereocenters. The Morgan fingerprint density at radius 1 is 0.906 bits per heavy atom. The maximum Gasteiger partial charge on any atom is 0.343 e. The number of rotatable bonds is 10. The molecule has 0 amide bonds. The molecular formula is C28H29NO3. The lowest BCUT2D eigenvalue weighted by atomic mass is 9.98. The molecule has 0 radical (unpaired) electrons. The van der Waals surface area contributed by atoms with Crippen molar-refractivity contribution in [3.05, 3.63) is 83.9 Å². The molecule has 0 aliphatic carbocycles. The summed E-state index contributed by atoms with van der Waals surface area (Å²) in [4.78, 5) is 12.6. The van der Waals surface area contributed by atoms with Crippen LogP contribution in [0.1, 0.15) is 55.5 Å². The largest absolute Gasteiger partial charge is 0.494 e. The van der Waals surface area contributed by atoms with Gasteiger partial charge in [-0.1, -0.05) is 57.0 Å². The van der Waals surface area contributed by atoms with Crippen LogP contribution < -0.4 is 9.47 Å². The van der Waals surface area contributed by atoms with Crippen LogP contribution in [0.15, 0.2) is 72.8 Å². The Balaban J connectivity index is 1.56. The first-order valence-electron chi connectivity index (χ1n) is 11.2. The van der Waals surface area contributed by atoms with Gasteiger partial charge in [-0.05, 0) is 72.4 Å². The van der Waals surface area contributed by atoms with Gasteiger partial charge in [0.05, 0.1) is 23.8 Å². The average molecular weight is 428 g/mol. The quantitative estimate of drug-likeness (QED) is 0.198. The summed E-state index contributed by atoms with van der Waals surface area (Å²) in [5.41, 5.74) is 3.06. The third kappa shape index (κ3) is 6.46. The van der Waals surface area contributed by atoms with Crippen LogP contribution in [-0.2, 0) is 0 Å². The minimum Gasteiger partial charge on any atom is -0.494 e. The molecule has 164 valence electrons. The SMILES string of the molecule is CCC(CC)CCCOc1cccc(C(=O)Oc2ccc(-c3ccc(C#N)cc3)cc2)c1. The lowest BCUT2D eigenvalue weighted by Gasteiger charge is -2.12. The Hall–Kier alpha value is -3.58. The topological polar surface area (TPSA) is 59.3 Å². The van der Waals surface area contributed by atoms with Gasteiger partial charge in [-0.25, -0.2) is 4.79 Å². The van der Waals surface area contributed by atoms with Crippen LogP contribution in [0.2, 0.25) is 0 Å². The van der Waals surface area contributed by atoms with Crippen LogP contribution in [0.4, 0.5) is 0 Å². The second kappa shape index (κ2) is 11.7. The Morgan fingerprint density at radius 2 is 1.56 bits per heavy atom. The molecule has 3 aromatic rings. The third-order valence-electron chi connectivity index (χ3n) is 5.66. The molecule has 0 bridgehead atoms. The van der Waals surface area contributed by atoms with E-state index in [1.165, 1.54) is 12.8 Å². The van der Waals surface area contributed by atoms with Gasteiger partial charge in [0.25, 0.3) is 0 Å². The van der Waals surface area contributed by atoms with E-state index >= 15 is 0 Å². The third-order valence-corrected chi connectivity index (χ3v) is 5.66. The van der Waals surface area contributed by atoms with E-state index in [2.05, 4.69) is 19.9 Å². The highest BCUT2D eigenvalue weighted by molar-refractivity contribution is 5.91. The summed E-state index contributed by atoms with van der Waals surface area (Å²) >= 11 is 0. The van der Waals surface area contributed by atoms with Gasteiger partial charge in [0.15, 0.2) is 0 Å². The number of hydrogen-bond donors (Lipinski definition) is 0. The molecule has 4 heteroatoms. The van der Waals surface area contributed by atoms with E-state index in [9.17, 15) is 4.79 Å². The van der Waals surface area contributed by atoms with E-state index < -0.39 is 5.97 Å². The molecule has 0 spiro atoms. The predicted molar refractivity (Wildman–Crippen MR) is 127 cm³/mol. The molecular weight excluding hydrogens is 398 g/mol. The molecule has 0 unspecified atom stereocenters. The van der Waals surface area contributed by atoms with Crippen molar-refractivity contribution < 1.29 is 14.3 Å². The van der Waals surface area contributed by atoms with Gasteiger partial charge in [-0.15, -0.1) is 0 Å². The van der Waals surface area contributed by atoms with Gasteiger partial charge in [0.2, 0.25) is 0 Å². The van der Waals surface area contributed by atoms with Gasteiger partial charge < -0.3 is 9.47 Å². The Kier molecular flexibility index (Phi) is 8.45. The lowest BCUT2D eigenvalue weighted by molar-refractivity contribution is 0.0734. The van der Waals surface area contributed by atoms with Gasteiger partial charge in [-0.2, -0.15) is 5.26 Å². The molecule has 0 aliphatic rings. The number of nitrogens with zero attached hydrogens (tertiary/aromatic N) is 1. The van der Waals surface area contributed by atoms with Crippen LogP contribution in [0.5, 0.6) is 11.5 Å². The summed E-state index contributed by atoms with van der Waals surface area (Å²) in [6.45, 7) is 5.10. The summed E-state index contributed by atoms with van der Waals surface area (Å²) in [6.07, 6.45) is 4.57. The second-order valence-electron chi connectivity index (χ2n) is 7.80. The number of carbonyl (C=O) groups is 1. The van der Waals surface area contributed by atoms with Crippen molar-refractivity contribution in [2.24, 2.45) is 5.92 Å². The van der Waals surface area contributed by atoms with Crippen LogP contribution in [0.3, 0.4) is 0 Å². The fourth-order valence-corrected chi connectivity index (χ4v) is 3.59.